The first-order valence-electron chi connectivity index (χ1n) is 6.51. The van der Waals surface area contributed by atoms with Gasteiger partial charge in [0, 0.05) is 19.4 Å². The standard InChI is InChI=1S/C11H17N2O7PS/c1-3-6-9(20-21(17,22)18-2)8(15)10(19-6)13-5-4-7(14)12-11(13)16/h4-6,8-10,15H,3H2,1-2H3,(H,17,22)(H,12,14,16)/t6-,8+,9?,10-,21?/m1/s1. The number of hydrogen-bond acceptors (Lipinski definition) is 7. The first-order chi connectivity index (χ1) is 10.3. The van der Waals surface area contributed by atoms with Crippen LogP contribution in [0.3, 0.4) is 0 Å². The second-order valence-electron chi connectivity index (χ2n) is 4.70. The van der Waals surface area contributed by atoms with Gasteiger partial charge in [0.15, 0.2) is 6.23 Å². The van der Waals surface area contributed by atoms with Crippen molar-refractivity contribution in [3.05, 3.63) is 33.1 Å². The van der Waals surface area contributed by atoms with Gasteiger partial charge in [-0.3, -0.25) is 18.9 Å². The lowest BCUT2D eigenvalue weighted by Crippen LogP contribution is -2.38. The molecule has 0 spiro atoms. The minimum absolute atomic E-state index is 0.454. The quantitative estimate of drug-likeness (QED) is 0.604. The van der Waals surface area contributed by atoms with Crippen molar-refractivity contribution in [2.75, 3.05) is 7.11 Å². The van der Waals surface area contributed by atoms with Crippen LogP contribution in [-0.4, -0.2) is 45.0 Å². The van der Waals surface area contributed by atoms with Crippen LogP contribution in [0.15, 0.2) is 21.9 Å². The molecule has 3 N–H and O–H groups in total. The number of aromatic amines is 1. The van der Waals surface area contributed by atoms with Crippen LogP contribution < -0.4 is 11.2 Å². The van der Waals surface area contributed by atoms with E-state index in [4.69, 9.17) is 25.6 Å². The number of aliphatic hydroxyl groups is 1. The summed E-state index contributed by atoms with van der Waals surface area (Å²) in [5.41, 5.74) is -1.28. The third kappa shape index (κ3) is 3.54. The van der Waals surface area contributed by atoms with Crippen LogP contribution in [0.2, 0.25) is 0 Å². The van der Waals surface area contributed by atoms with Crippen LogP contribution in [0.4, 0.5) is 0 Å². The number of H-pyrrole nitrogens is 1. The van der Waals surface area contributed by atoms with Crippen LogP contribution >= 0.6 is 6.72 Å². The molecule has 0 aliphatic carbocycles. The molecule has 1 aromatic heterocycles. The predicted octanol–water partition coefficient (Wildman–Crippen LogP) is -0.547. The third-order valence-corrected chi connectivity index (χ3v) is 5.00. The minimum atomic E-state index is -3.50. The zero-order valence-corrected chi connectivity index (χ0v) is 13.6. The van der Waals surface area contributed by atoms with E-state index in [9.17, 15) is 19.6 Å². The first kappa shape index (κ1) is 17.5. The molecular weight excluding hydrogens is 335 g/mol. The summed E-state index contributed by atoms with van der Waals surface area (Å²) in [5.74, 6) is 0. The molecule has 1 saturated heterocycles. The molecule has 5 atom stereocenters. The summed E-state index contributed by atoms with van der Waals surface area (Å²) in [5, 5.41) is 10.4. The highest BCUT2D eigenvalue weighted by atomic mass is 32.5. The molecule has 1 fully saturated rings. The Hall–Kier alpha value is -0.870. The number of hydrogen-bond donors (Lipinski definition) is 3. The van der Waals surface area contributed by atoms with Gasteiger partial charge in [0.2, 0.25) is 0 Å². The van der Waals surface area contributed by atoms with E-state index in [0.29, 0.717) is 6.42 Å². The number of nitrogens with one attached hydrogen (secondary N) is 1. The summed E-state index contributed by atoms with van der Waals surface area (Å²) in [4.78, 5) is 34.7. The summed E-state index contributed by atoms with van der Waals surface area (Å²) >= 11 is 4.77. The summed E-state index contributed by atoms with van der Waals surface area (Å²) in [6, 6.07) is 1.14. The Morgan fingerprint density at radius 2 is 2.23 bits per heavy atom. The molecule has 1 aliphatic heterocycles. The van der Waals surface area contributed by atoms with Crippen molar-refractivity contribution in [2.45, 2.75) is 37.9 Å². The van der Waals surface area contributed by atoms with E-state index >= 15 is 0 Å². The van der Waals surface area contributed by atoms with E-state index in [2.05, 4.69) is 4.98 Å². The van der Waals surface area contributed by atoms with Crippen LogP contribution in [0, 0.1) is 0 Å². The van der Waals surface area contributed by atoms with Gasteiger partial charge >= 0.3 is 12.4 Å². The van der Waals surface area contributed by atoms with Crippen LogP contribution in [0.25, 0.3) is 0 Å². The van der Waals surface area contributed by atoms with Crippen molar-refractivity contribution < 1.29 is 23.8 Å². The number of rotatable bonds is 5. The normalized spacial score (nSPS) is 31.1. The fourth-order valence-corrected chi connectivity index (χ4v) is 3.18. The van der Waals surface area contributed by atoms with Gasteiger partial charge in [-0.2, -0.15) is 0 Å². The Bertz CT molecular complexity index is 690. The molecule has 22 heavy (non-hydrogen) atoms. The summed E-state index contributed by atoms with van der Waals surface area (Å²) < 4.78 is 16.6. The van der Waals surface area contributed by atoms with Crippen molar-refractivity contribution in [3.63, 3.8) is 0 Å². The van der Waals surface area contributed by atoms with Gasteiger partial charge in [0.25, 0.3) is 5.56 Å². The number of aromatic nitrogens is 2. The van der Waals surface area contributed by atoms with Gasteiger partial charge in [0.05, 0.1) is 6.10 Å². The van der Waals surface area contributed by atoms with E-state index in [1.165, 1.54) is 13.3 Å². The van der Waals surface area contributed by atoms with Crippen LogP contribution in [0.1, 0.15) is 19.6 Å². The molecule has 0 saturated carbocycles. The fourth-order valence-electron chi connectivity index (χ4n) is 2.23. The van der Waals surface area contributed by atoms with Gasteiger partial charge in [-0.15, -0.1) is 0 Å². The van der Waals surface area contributed by atoms with E-state index < -0.39 is 42.5 Å². The van der Waals surface area contributed by atoms with Crippen molar-refractivity contribution >= 4 is 18.5 Å². The van der Waals surface area contributed by atoms with Crippen LogP contribution in [-0.2, 0) is 25.6 Å². The first-order valence-corrected chi connectivity index (χ1v) is 9.10. The number of aliphatic hydroxyl groups excluding tert-OH is 1. The largest absolute Gasteiger partial charge is 0.386 e. The molecule has 11 heteroatoms. The summed E-state index contributed by atoms with van der Waals surface area (Å²) in [6.45, 7) is -1.71. The molecule has 0 bridgehead atoms. The second-order valence-corrected chi connectivity index (χ2v) is 7.60. The number of ether oxygens (including phenoxy) is 1. The van der Waals surface area contributed by atoms with Crippen molar-refractivity contribution in [1.29, 1.82) is 0 Å². The van der Waals surface area contributed by atoms with Crippen molar-refractivity contribution in [1.82, 2.24) is 9.55 Å². The lowest BCUT2D eigenvalue weighted by Gasteiger charge is -2.23. The zero-order valence-electron chi connectivity index (χ0n) is 11.9. The Morgan fingerprint density at radius 3 is 2.77 bits per heavy atom. The maximum absolute atomic E-state index is 11.8. The van der Waals surface area contributed by atoms with Gasteiger partial charge in [-0.25, -0.2) is 4.79 Å². The molecule has 2 heterocycles. The lowest BCUT2D eigenvalue weighted by molar-refractivity contribution is -0.0404. The predicted molar refractivity (Wildman–Crippen MR) is 79.9 cm³/mol. The highest BCUT2D eigenvalue weighted by molar-refractivity contribution is 8.07. The monoisotopic (exact) mass is 352 g/mol. The van der Waals surface area contributed by atoms with E-state index in [-0.39, 0.29) is 0 Å². The molecule has 0 radical (unpaired) electrons. The minimum Gasteiger partial charge on any atom is -0.386 e. The molecule has 0 aromatic carbocycles. The highest BCUT2D eigenvalue weighted by Gasteiger charge is 2.47. The Morgan fingerprint density at radius 1 is 1.55 bits per heavy atom. The van der Waals surface area contributed by atoms with Gasteiger partial charge in [-0.05, 0) is 18.2 Å². The van der Waals surface area contributed by atoms with E-state index in [0.717, 1.165) is 10.6 Å². The molecule has 2 unspecified atom stereocenters. The van der Waals surface area contributed by atoms with E-state index in [1.807, 2.05) is 0 Å². The Balaban J connectivity index is 2.31. The van der Waals surface area contributed by atoms with Gasteiger partial charge in [-0.1, -0.05) is 6.92 Å². The summed E-state index contributed by atoms with van der Waals surface area (Å²) in [7, 11) is 1.20. The molecule has 0 amide bonds. The van der Waals surface area contributed by atoms with Gasteiger partial charge in [0.1, 0.15) is 12.2 Å². The molecule has 1 aliphatic rings. The van der Waals surface area contributed by atoms with Gasteiger partial charge < -0.3 is 19.3 Å². The average molecular weight is 352 g/mol. The van der Waals surface area contributed by atoms with Crippen molar-refractivity contribution in [3.8, 4) is 0 Å². The lowest BCUT2D eigenvalue weighted by atomic mass is 10.1. The number of nitrogens with zero attached hydrogens (tertiary/aromatic N) is 1. The second kappa shape index (κ2) is 6.71. The fraction of sp³-hybridized carbons (Fsp3) is 0.636. The average Bonchev–Trinajstić information content (AvgIpc) is 2.76. The Labute approximate surface area is 130 Å². The highest BCUT2D eigenvalue weighted by Crippen LogP contribution is 2.48. The maximum atomic E-state index is 11.8. The SMILES string of the molecule is CC[C@H]1O[C@@H](n2ccc(=O)[nH]c2=O)[C@@H](O)C1OP(O)(=S)OC. The summed E-state index contributed by atoms with van der Waals surface area (Å²) in [6.07, 6.45) is -2.21. The van der Waals surface area contributed by atoms with Crippen LogP contribution in [0.5, 0.6) is 0 Å². The molecule has 9 nitrogen and oxygen atoms in total. The topological polar surface area (TPSA) is 123 Å². The van der Waals surface area contributed by atoms with E-state index in [1.54, 1.807) is 6.92 Å². The Kier molecular flexibility index (Phi) is 5.33. The molecule has 1 aromatic rings. The molecule has 124 valence electrons. The zero-order chi connectivity index (χ0) is 16.5. The maximum Gasteiger partial charge on any atom is 0.330 e. The van der Waals surface area contributed by atoms with Crippen molar-refractivity contribution in [2.24, 2.45) is 0 Å². The third-order valence-electron chi connectivity index (χ3n) is 3.32. The molecular formula is C11H17N2O7PS. The molecule has 2 rings (SSSR count). The smallest absolute Gasteiger partial charge is 0.330 e.